The van der Waals surface area contributed by atoms with Crippen molar-refractivity contribution in [2.24, 2.45) is 0 Å². The summed E-state index contributed by atoms with van der Waals surface area (Å²) in [5, 5.41) is 4.83. The summed E-state index contributed by atoms with van der Waals surface area (Å²) in [6.07, 6.45) is 2.96. The molecule has 37 heavy (non-hydrogen) atoms. The van der Waals surface area contributed by atoms with Gasteiger partial charge in [-0.1, -0.05) is 71.9 Å². The van der Waals surface area contributed by atoms with E-state index in [1.165, 1.54) is 16.6 Å². The number of aromatic nitrogens is 2. The van der Waals surface area contributed by atoms with Crippen molar-refractivity contribution in [3.8, 4) is 16.8 Å². The maximum atomic E-state index is 13.8. The number of thiophene rings is 1. The van der Waals surface area contributed by atoms with Gasteiger partial charge in [-0.2, -0.15) is 0 Å². The Morgan fingerprint density at radius 1 is 1.00 bits per heavy atom. The Balaban J connectivity index is 1.32. The van der Waals surface area contributed by atoms with Gasteiger partial charge in [0.05, 0.1) is 16.8 Å². The molecule has 0 bridgehead atoms. The SMILES string of the molecule is O=C(CSc1nc2sc3c(c2c(=O)n1-c1ccc(Cl)cc1)CCC3)Nc1ccccc1-c1ccccc1. The molecule has 5 nitrogen and oxygen atoms in total. The number of nitrogens with one attached hydrogen (secondary N) is 1. The first-order valence-electron chi connectivity index (χ1n) is 12.0. The lowest BCUT2D eigenvalue weighted by Crippen LogP contribution is -2.23. The number of amides is 1. The number of aryl methyl sites for hydroxylation is 2. The summed E-state index contributed by atoms with van der Waals surface area (Å²) >= 11 is 8.97. The van der Waals surface area contributed by atoms with E-state index in [-0.39, 0.29) is 17.2 Å². The second-order valence-corrected chi connectivity index (χ2v) is 11.3. The number of anilines is 1. The molecule has 0 aliphatic heterocycles. The Kier molecular flexibility index (Phi) is 6.59. The van der Waals surface area contributed by atoms with Gasteiger partial charge >= 0.3 is 0 Å². The molecule has 0 unspecified atom stereocenters. The summed E-state index contributed by atoms with van der Waals surface area (Å²) < 4.78 is 1.61. The predicted octanol–water partition coefficient (Wildman–Crippen LogP) is 6.99. The minimum atomic E-state index is -0.168. The summed E-state index contributed by atoms with van der Waals surface area (Å²) in [5.74, 6) is -0.0567. The van der Waals surface area contributed by atoms with Crippen LogP contribution in [-0.4, -0.2) is 21.2 Å². The number of halogens is 1. The van der Waals surface area contributed by atoms with Gasteiger partial charge in [-0.15, -0.1) is 11.3 Å². The Labute approximate surface area is 227 Å². The van der Waals surface area contributed by atoms with Crippen LogP contribution >= 0.6 is 34.7 Å². The topological polar surface area (TPSA) is 64.0 Å². The zero-order valence-electron chi connectivity index (χ0n) is 19.7. The number of carbonyl (C=O) groups is 1. The summed E-state index contributed by atoms with van der Waals surface area (Å²) in [6.45, 7) is 0. The molecule has 0 fully saturated rings. The highest BCUT2D eigenvalue weighted by Crippen LogP contribution is 2.36. The molecule has 1 N–H and O–H groups in total. The molecule has 0 saturated carbocycles. The molecule has 0 radical (unpaired) electrons. The van der Waals surface area contributed by atoms with Gasteiger partial charge in [-0.25, -0.2) is 4.98 Å². The molecule has 3 aromatic carbocycles. The number of nitrogens with zero attached hydrogens (tertiary/aromatic N) is 2. The normalized spacial score (nSPS) is 12.6. The number of benzene rings is 3. The minimum Gasteiger partial charge on any atom is -0.325 e. The van der Waals surface area contributed by atoms with Gasteiger partial charge in [0.25, 0.3) is 5.56 Å². The van der Waals surface area contributed by atoms with Crippen LogP contribution in [0.3, 0.4) is 0 Å². The fourth-order valence-corrected chi connectivity index (χ4v) is 6.96. The van der Waals surface area contributed by atoms with Crippen molar-refractivity contribution in [3.05, 3.63) is 105 Å². The number of thioether (sulfide) groups is 1. The second kappa shape index (κ2) is 10.2. The van der Waals surface area contributed by atoms with Crippen LogP contribution in [0.15, 0.2) is 88.8 Å². The van der Waals surface area contributed by atoms with Crippen molar-refractivity contribution >= 4 is 56.5 Å². The van der Waals surface area contributed by atoms with E-state index in [0.29, 0.717) is 21.3 Å². The van der Waals surface area contributed by atoms with Crippen LogP contribution in [0.2, 0.25) is 5.02 Å². The summed E-state index contributed by atoms with van der Waals surface area (Å²) in [6, 6.07) is 24.8. The van der Waals surface area contributed by atoms with E-state index in [0.717, 1.165) is 46.5 Å². The van der Waals surface area contributed by atoms with Gasteiger partial charge in [0.15, 0.2) is 5.16 Å². The predicted molar refractivity (Wildman–Crippen MR) is 153 cm³/mol. The summed E-state index contributed by atoms with van der Waals surface area (Å²) in [4.78, 5) is 33.7. The Bertz CT molecular complexity index is 1680. The van der Waals surface area contributed by atoms with Crippen LogP contribution in [0, 0.1) is 0 Å². The molecule has 0 spiro atoms. The van der Waals surface area contributed by atoms with Crippen molar-refractivity contribution in [3.63, 3.8) is 0 Å². The molecule has 1 aliphatic rings. The number of hydrogen-bond acceptors (Lipinski definition) is 5. The summed E-state index contributed by atoms with van der Waals surface area (Å²) in [5.41, 5.74) is 4.44. The monoisotopic (exact) mass is 543 g/mol. The van der Waals surface area contributed by atoms with E-state index in [4.69, 9.17) is 16.6 Å². The largest absolute Gasteiger partial charge is 0.325 e. The van der Waals surface area contributed by atoms with E-state index in [1.54, 1.807) is 28.0 Å². The highest BCUT2D eigenvalue weighted by Gasteiger charge is 2.24. The molecule has 8 heteroatoms. The molecule has 2 heterocycles. The van der Waals surface area contributed by atoms with Crippen LogP contribution < -0.4 is 10.9 Å². The third kappa shape index (κ3) is 4.70. The average molecular weight is 544 g/mol. The number of para-hydroxylation sites is 1. The Hall–Kier alpha value is -3.39. The quantitative estimate of drug-likeness (QED) is 0.185. The van der Waals surface area contributed by atoms with E-state index >= 15 is 0 Å². The molecule has 2 aromatic heterocycles. The summed E-state index contributed by atoms with van der Waals surface area (Å²) in [7, 11) is 0. The van der Waals surface area contributed by atoms with Crippen LogP contribution in [0.5, 0.6) is 0 Å². The molecule has 184 valence electrons. The first-order chi connectivity index (χ1) is 18.1. The maximum absolute atomic E-state index is 13.8. The molecular formula is C29H22ClN3O2S2. The average Bonchev–Trinajstić information content (AvgIpc) is 3.50. The third-order valence-corrected chi connectivity index (χ3v) is 8.79. The highest BCUT2D eigenvalue weighted by atomic mass is 35.5. The Morgan fingerprint density at radius 3 is 2.57 bits per heavy atom. The first-order valence-corrected chi connectivity index (χ1v) is 14.2. The van der Waals surface area contributed by atoms with Gasteiger partial charge in [-0.05, 0) is 60.7 Å². The zero-order valence-corrected chi connectivity index (χ0v) is 22.1. The van der Waals surface area contributed by atoms with Gasteiger partial charge < -0.3 is 5.32 Å². The fraction of sp³-hybridized carbons (Fsp3) is 0.138. The highest BCUT2D eigenvalue weighted by molar-refractivity contribution is 7.99. The lowest BCUT2D eigenvalue weighted by Gasteiger charge is -2.14. The Morgan fingerprint density at radius 2 is 1.76 bits per heavy atom. The molecule has 1 aliphatic carbocycles. The van der Waals surface area contributed by atoms with Gasteiger partial charge in [0.2, 0.25) is 5.91 Å². The standard InChI is InChI=1S/C29H22ClN3O2S2/c30-19-13-15-20(16-14-19)33-28(35)26-22-10-6-12-24(22)37-27(26)32-29(33)36-17-25(34)31-23-11-5-4-9-21(23)18-7-2-1-3-8-18/h1-5,7-9,11,13-16H,6,10,12,17H2,(H,31,34). The maximum Gasteiger partial charge on any atom is 0.267 e. The molecular weight excluding hydrogens is 522 g/mol. The van der Waals surface area contributed by atoms with Gasteiger partial charge in [0, 0.05) is 21.2 Å². The van der Waals surface area contributed by atoms with Gasteiger partial charge in [-0.3, -0.25) is 14.2 Å². The van der Waals surface area contributed by atoms with Crippen LogP contribution in [0.4, 0.5) is 5.69 Å². The first kappa shape index (κ1) is 24.0. The van der Waals surface area contributed by atoms with E-state index in [1.807, 2.05) is 66.7 Å². The van der Waals surface area contributed by atoms with E-state index in [2.05, 4.69) is 5.32 Å². The number of fused-ring (bicyclic) bond motifs is 3. The lowest BCUT2D eigenvalue weighted by atomic mass is 10.0. The number of carbonyl (C=O) groups excluding carboxylic acids is 1. The molecule has 1 amide bonds. The lowest BCUT2D eigenvalue weighted by molar-refractivity contribution is -0.113. The van der Waals surface area contributed by atoms with Crippen molar-refractivity contribution in [1.29, 1.82) is 0 Å². The molecule has 0 saturated heterocycles. The second-order valence-electron chi connectivity index (χ2n) is 8.80. The third-order valence-electron chi connectivity index (χ3n) is 6.41. The molecule has 5 aromatic rings. The fourth-order valence-electron chi connectivity index (χ4n) is 4.72. The van der Waals surface area contributed by atoms with Crippen LogP contribution in [0.1, 0.15) is 16.9 Å². The van der Waals surface area contributed by atoms with Crippen LogP contribution in [-0.2, 0) is 17.6 Å². The number of hydrogen-bond donors (Lipinski definition) is 1. The zero-order chi connectivity index (χ0) is 25.4. The van der Waals surface area contributed by atoms with Crippen molar-refractivity contribution in [2.45, 2.75) is 24.4 Å². The molecule has 6 rings (SSSR count). The van der Waals surface area contributed by atoms with E-state index in [9.17, 15) is 9.59 Å². The smallest absolute Gasteiger partial charge is 0.267 e. The van der Waals surface area contributed by atoms with Crippen LogP contribution in [0.25, 0.3) is 27.0 Å². The van der Waals surface area contributed by atoms with Gasteiger partial charge in [0.1, 0.15) is 4.83 Å². The van der Waals surface area contributed by atoms with Crippen molar-refractivity contribution in [2.75, 3.05) is 11.1 Å². The minimum absolute atomic E-state index is 0.0935. The van der Waals surface area contributed by atoms with E-state index < -0.39 is 0 Å². The molecule has 0 atom stereocenters. The van der Waals surface area contributed by atoms with Crippen molar-refractivity contribution < 1.29 is 4.79 Å². The van der Waals surface area contributed by atoms with Crippen molar-refractivity contribution in [1.82, 2.24) is 9.55 Å². The number of rotatable bonds is 6.